The van der Waals surface area contributed by atoms with E-state index in [1.165, 1.54) is 22.5 Å². The highest BCUT2D eigenvalue weighted by Gasteiger charge is 2.31. The van der Waals surface area contributed by atoms with Gasteiger partial charge in [-0.05, 0) is 55.9 Å². The van der Waals surface area contributed by atoms with Crippen molar-refractivity contribution in [2.24, 2.45) is 0 Å². The predicted molar refractivity (Wildman–Crippen MR) is 142 cm³/mol. The number of fused-ring (bicyclic) bond motifs is 2. The summed E-state index contributed by atoms with van der Waals surface area (Å²) in [7, 11) is -2.05. The van der Waals surface area contributed by atoms with Crippen molar-refractivity contribution in [2.75, 3.05) is 45.3 Å². The van der Waals surface area contributed by atoms with Crippen LogP contribution in [0, 0.1) is 12.7 Å². The summed E-state index contributed by atoms with van der Waals surface area (Å²) >= 11 is 0. The first-order valence-corrected chi connectivity index (χ1v) is 13.8. The molecule has 0 atom stereocenters. The van der Waals surface area contributed by atoms with Crippen LogP contribution < -0.4 is 14.8 Å². The van der Waals surface area contributed by atoms with Crippen LogP contribution in [0.1, 0.15) is 16.1 Å². The van der Waals surface area contributed by atoms with E-state index in [1.54, 1.807) is 30.5 Å². The highest BCUT2D eigenvalue weighted by atomic mass is 32.2. The van der Waals surface area contributed by atoms with Crippen LogP contribution in [0.25, 0.3) is 16.8 Å². The third kappa shape index (κ3) is 4.60. The van der Waals surface area contributed by atoms with Gasteiger partial charge in [-0.3, -0.25) is 4.79 Å². The molecule has 2 aliphatic heterocycles. The second kappa shape index (κ2) is 9.63. The van der Waals surface area contributed by atoms with Crippen molar-refractivity contribution in [3.8, 4) is 22.6 Å². The van der Waals surface area contributed by atoms with Gasteiger partial charge in [0.2, 0.25) is 16.8 Å². The van der Waals surface area contributed by atoms with E-state index in [2.05, 4.69) is 10.3 Å². The van der Waals surface area contributed by atoms with Gasteiger partial charge in [0.15, 0.2) is 11.5 Å². The molecule has 0 radical (unpaired) electrons. The van der Waals surface area contributed by atoms with Crippen LogP contribution in [-0.2, 0) is 10.0 Å². The molecule has 1 amide bonds. The van der Waals surface area contributed by atoms with Crippen LogP contribution in [0.2, 0.25) is 0 Å². The molecule has 0 aliphatic carbocycles. The number of anilines is 1. The standard InChI is InChI=1S/C27H26FN5O5S/c1-17-14-32-15-19(4-8-24(32)29-17)30-27(34)21-6-5-20(25-26(21)38-16-37-25)18-3-7-23(22(28)13-18)39(35,36)33-11-9-31(2)10-12-33/h3-8,13-15H,9-12,16H2,1-2H3,(H,30,34). The number of sulfonamides is 1. The van der Waals surface area contributed by atoms with Gasteiger partial charge in [0.05, 0.1) is 16.9 Å². The summed E-state index contributed by atoms with van der Waals surface area (Å²) in [5, 5.41) is 2.86. The average molecular weight is 552 g/mol. The molecular formula is C27H26FN5O5S. The quantitative estimate of drug-likeness (QED) is 0.406. The SMILES string of the molecule is Cc1cn2cc(NC(=O)c3ccc(-c4ccc(S(=O)(=O)N5CCN(C)CC5)c(F)c4)c4c3OCO4)ccc2n1. The van der Waals surface area contributed by atoms with E-state index >= 15 is 4.39 Å². The lowest BCUT2D eigenvalue weighted by Crippen LogP contribution is -2.47. The van der Waals surface area contributed by atoms with E-state index in [-0.39, 0.29) is 28.8 Å². The predicted octanol–water partition coefficient (Wildman–Crippen LogP) is 3.37. The number of benzene rings is 2. The topological polar surface area (TPSA) is 105 Å². The minimum absolute atomic E-state index is 0.106. The number of halogens is 1. The number of ether oxygens (including phenoxy) is 2. The number of imidazole rings is 1. The molecule has 39 heavy (non-hydrogen) atoms. The molecule has 1 fully saturated rings. The summed E-state index contributed by atoms with van der Waals surface area (Å²) in [6.07, 6.45) is 3.62. The van der Waals surface area contributed by atoms with Crippen molar-refractivity contribution < 1.29 is 27.1 Å². The first kappa shape index (κ1) is 25.3. The molecule has 10 nitrogen and oxygen atoms in total. The van der Waals surface area contributed by atoms with Crippen LogP contribution in [0.15, 0.2) is 59.8 Å². The zero-order valence-electron chi connectivity index (χ0n) is 21.3. The van der Waals surface area contributed by atoms with Crippen molar-refractivity contribution >= 4 is 27.3 Å². The molecule has 202 valence electrons. The average Bonchev–Trinajstić information content (AvgIpc) is 3.54. The van der Waals surface area contributed by atoms with Crippen LogP contribution >= 0.6 is 0 Å². The second-order valence-electron chi connectivity index (χ2n) is 9.60. The molecule has 2 aromatic carbocycles. The van der Waals surface area contributed by atoms with Crippen molar-refractivity contribution in [3.63, 3.8) is 0 Å². The van der Waals surface area contributed by atoms with Crippen LogP contribution in [0.5, 0.6) is 11.5 Å². The number of aryl methyl sites for hydroxylation is 1. The highest BCUT2D eigenvalue weighted by molar-refractivity contribution is 7.89. The molecule has 6 rings (SSSR count). The fourth-order valence-electron chi connectivity index (χ4n) is 4.84. The number of carbonyl (C=O) groups excluding carboxylic acids is 1. The molecular weight excluding hydrogens is 525 g/mol. The Hall–Kier alpha value is -4.00. The van der Waals surface area contributed by atoms with Crippen LogP contribution in [0.4, 0.5) is 10.1 Å². The Labute approximate surface area is 224 Å². The first-order chi connectivity index (χ1) is 18.7. The minimum atomic E-state index is -3.97. The number of nitrogens with zero attached hydrogens (tertiary/aromatic N) is 4. The third-order valence-corrected chi connectivity index (χ3v) is 8.85. The summed E-state index contributed by atoms with van der Waals surface area (Å²) in [5.41, 5.74) is 3.33. The lowest BCUT2D eigenvalue weighted by atomic mass is 10.0. The highest BCUT2D eigenvalue weighted by Crippen LogP contribution is 2.44. The Bertz CT molecular complexity index is 1710. The van der Waals surface area contributed by atoms with Gasteiger partial charge in [0.1, 0.15) is 16.4 Å². The fraction of sp³-hybridized carbons (Fsp3) is 0.259. The molecule has 4 heterocycles. The molecule has 1 saturated heterocycles. The van der Waals surface area contributed by atoms with Gasteiger partial charge in [0, 0.05) is 44.1 Å². The van der Waals surface area contributed by atoms with Crippen LogP contribution in [0.3, 0.4) is 0 Å². The van der Waals surface area contributed by atoms with Gasteiger partial charge in [-0.2, -0.15) is 4.31 Å². The molecule has 12 heteroatoms. The molecule has 0 unspecified atom stereocenters. The minimum Gasteiger partial charge on any atom is -0.453 e. The van der Waals surface area contributed by atoms with Gasteiger partial charge in [-0.15, -0.1) is 0 Å². The summed E-state index contributed by atoms with van der Waals surface area (Å²) in [4.78, 5) is 19.2. The third-order valence-electron chi connectivity index (χ3n) is 6.92. The molecule has 0 saturated carbocycles. The number of carbonyl (C=O) groups is 1. The summed E-state index contributed by atoms with van der Waals surface area (Å²) in [5.74, 6) is -0.734. The number of nitrogens with one attached hydrogen (secondary N) is 1. The van der Waals surface area contributed by atoms with Crippen molar-refractivity contribution in [1.82, 2.24) is 18.6 Å². The number of hydrogen-bond donors (Lipinski definition) is 1. The van der Waals surface area contributed by atoms with Crippen molar-refractivity contribution in [1.29, 1.82) is 0 Å². The Kier molecular flexibility index (Phi) is 6.25. The van der Waals surface area contributed by atoms with Gasteiger partial charge in [-0.1, -0.05) is 6.07 Å². The van der Waals surface area contributed by atoms with Crippen molar-refractivity contribution in [2.45, 2.75) is 11.8 Å². The Balaban J connectivity index is 1.28. The van der Waals surface area contributed by atoms with Crippen LogP contribution in [-0.4, -0.2) is 72.9 Å². The fourth-order valence-corrected chi connectivity index (χ4v) is 6.31. The molecule has 0 spiro atoms. The van der Waals surface area contributed by atoms with Gasteiger partial charge < -0.3 is 24.1 Å². The zero-order valence-corrected chi connectivity index (χ0v) is 22.2. The number of hydrogen-bond acceptors (Lipinski definition) is 7. The summed E-state index contributed by atoms with van der Waals surface area (Å²) < 4.78 is 55.8. The number of amides is 1. The van der Waals surface area contributed by atoms with E-state index < -0.39 is 21.7 Å². The molecule has 4 aromatic rings. The second-order valence-corrected chi connectivity index (χ2v) is 11.5. The number of likely N-dealkylation sites (N-methyl/N-ethyl adjacent to an activating group) is 1. The Morgan fingerprint density at radius 3 is 2.54 bits per heavy atom. The van der Waals surface area contributed by atoms with E-state index in [1.807, 2.05) is 29.5 Å². The summed E-state index contributed by atoms with van der Waals surface area (Å²) in [6.45, 7) is 3.56. The van der Waals surface area contributed by atoms with Gasteiger partial charge in [-0.25, -0.2) is 17.8 Å². The smallest absolute Gasteiger partial charge is 0.259 e. The Morgan fingerprint density at radius 2 is 1.77 bits per heavy atom. The molecule has 2 aliphatic rings. The van der Waals surface area contributed by atoms with E-state index in [4.69, 9.17) is 9.47 Å². The largest absolute Gasteiger partial charge is 0.453 e. The maximum atomic E-state index is 15.2. The monoisotopic (exact) mass is 551 g/mol. The Morgan fingerprint density at radius 1 is 1.00 bits per heavy atom. The molecule has 1 N–H and O–H groups in total. The lowest BCUT2D eigenvalue weighted by Gasteiger charge is -2.31. The maximum Gasteiger partial charge on any atom is 0.259 e. The van der Waals surface area contributed by atoms with E-state index in [9.17, 15) is 13.2 Å². The molecule has 2 aromatic heterocycles. The van der Waals surface area contributed by atoms with Gasteiger partial charge >= 0.3 is 0 Å². The van der Waals surface area contributed by atoms with Gasteiger partial charge in [0.25, 0.3) is 5.91 Å². The number of rotatable bonds is 5. The van der Waals surface area contributed by atoms with E-state index in [0.717, 1.165) is 11.3 Å². The lowest BCUT2D eigenvalue weighted by molar-refractivity contribution is 0.102. The zero-order chi connectivity index (χ0) is 27.3. The van der Waals surface area contributed by atoms with E-state index in [0.29, 0.717) is 43.0 Å². The summed E-state index contributed by atoms with van der Waals surface area (Å²) in [6, 6.07) is 10.7. The van der Waals surface area contributed by atoms with Crippen molar-refractivity contribution in [3.05, 3.63) is 71.9 Å². The number of pyridine rings is 1. The number of aromatic nitrogens is 2. The molecule has 0 bridgehead atoms. The number of piperazine rings is 1. The normalized spacial score (nSPS) is 16.1. The maximum absolute atomic E-state index is 15.2. The first-order valence-electron chi connectivity index (χ1n) is 12.4.